The Morgan fingerprint density at radius 2 is 1.66 bits per heavy atom. The zero-order chi connectivity index (χ0) is 26.5. The second-order valence-electron chi connectivity index (χ2n) is 9.87. The molecule has 1 saturated carbocycles. The zero-order valence-corrected chi connectivity index (χ0v) is 21.1. The number of fused-ring (bicyclic) bond motifs is 1. The zero-order valence-electron chi connectivity index (χ0n) is 21.1. The highest BCUT2D eigenvalue weighted by molar-refractivity contribution is 5.78. The Kier molecular flexibility index (Phi) is 8.58. The van der Waals surface area contributed by atoms with E-state index in [0.29, 0.717) is 67.4 Å². The van der Waals surface area contributed by atoms with Gasteiger partial charge in [-0.25, -0.2) is 22.5 Å². The molecule has 0 spiro atoms. The summed E-state index contributed by atoms with van der Waals surface area (Å²) >= 11 is 0. The number of imidazole rings is 1. The average Bonchev–Trinajstić information content (AvgIpc) is 3.36. The maximum Gasteiger partial charge on any atom is 0.296 e. The van der Waals surface area contributed by atoms with Crippen LogP contribution in [0.15, 0.2) is 30.3 Å². The van der Waals surface area contributed by atoms with E-state index in [1.807, 2.05) is 0 Å². The van der Waals surface area contributed by atoms with Gasteiger partial charge in [0.1, 0.15) is 25.0 Å². The fraction of sp³-hybridized carbons (Fsp3) is 0.577. The predicted molar refractivity (Wildman–Crippen MR) is 138 cm³/mol. The fourth-order valence-electron chi connectivity index (χ4n) is 5.23. The predicted octanol–water partition coefficient (Wildman–Crippen LogP) is 4.46. The number of hydrogen-bond acceptors (Lipinski definition) is 7. The van der Waals surface area contributed by atoms with Crippen molar-refractivity contribution >= 4 is 22.8 Å². The van der Waals surface area contributed by atoms with E-state index < -0.39 is 25.8 Å². The average molecular weight is 536 g/mol. The third-order valence-corrected chi connectivity index (χ3v) is 7.28. The first-order valence-electron chi connectivity index (χ1n) is 13.1. The third-order valence-electron chi connectivity index (χ3n) is 7.28. The molecule has 0 bridgehead atoms. The molecule has 2 aromatic heterocycles. The van der Waals surface area contributed by atoms with Crippen LogP contribution in [0.1, 0.15) is 37.9 Å². The van der Waals surface area contributed by atoms with E-state index in [-0.39, 0.29) is 11.9 Å². The first-order valence-corrected chi connectivity index (χ1v) is 13.1. The van der Waals surface area contributed by atoms with Crippen LogP contribution in [0, 0.1) is 5.92 Å². The molecule has 5 rings (SSSR count). The van der Waals surface area contributed by atoms with E-state index in [2.05, 4.69) is 25.5 Å². The SMILES string of the molecule is FCC(CF)NC1CCC(CNc2nc(N3CCOCC3)cc(-n3c(C(F)F)nc4ccccc43)n2)CC1. The highest BCUT2D eigenvalue weighted by Gasteiger charge is 2.25. The Labute approximate surface area is 218 Å². The van der Waals surface area contributed by atoms with Gasteiger partial charge in [0.15, 0.2) is 5.82 Å². The molecular formula is C26H33F4N7O. The Bertz CT molecular complexity index is 1190. The molecule has 2 fully saturated rings. The van der Waals surface area contributed by atoms with Crippen LogP contribution in [0.2, 0.25) is 0 Å². The molecule has 3 heterocycles. The standard InChI is InChI=1S/C26H33F4N7O/c27-14-19(15-28)32-18-7-5-17(6-8-18)16-31-26-34-22(36-9-11-38-12-10-36)13-23(35-26)37-21-4-2-1-3-20(21)33-25(37)24(29)30/h1-4,13,17-19,24,32H,5-12,14-16H2,(H,31,34,35). The largest absolute Gasteiger partial charge is 0.378 e. The summed E-state index contributed by atoms with van der Waals surface area (Å²) in [5.74, 6) is 1.29. The summed E-state index contributed by atoms with van der Waals surface area (Å²) in [7, 11) is 0. The molecule has 2 N–H and O–H groups in total. The van der Waals surface area contributed by atoms with Crippen molar-refractivity contribution < 1.29 is 22.3 Å². The second-order valence-corrected chi connectivity index (χ2v) is 9.87. The van der Waals surface area contributed by atoms with Gasteiger partial charge in [0, 0.05) is 31.7 Å². The summed E-state index contributed by atoms with van der Waals surface area (Å²) in [6.07, 6.45) is 0.684. The van der Waals surface area contributed by atoms with Crippen LogP contribution in [-0.2, 0) is 4.74 Å². The third kappa shape index (κ3) is 6.01. The summed E-state index contributed by atoms with van der Waals surface area (Å²) in [6.45, 7) is 1.58. The molecule has 0 amide bonds. The van der Waals surface area contributed by atoms with E-state index in [1.165, 1.54) is 4.57 Å². The number of aromatic nitrogens is 4. The number of nitrogens with zero attached hydrogens (tertiary/aromatic N) is 5. The molecule has 1 saturated heterocycles. The van der Waals surface area contributed by atoms with E-state index >= 15 is 0 Å². The van der Waals surface area contributed by atoms with Crippen molar-refractivity contribution in [3.8, 4) is 5.82 Å². The highest BCUT2D eigenvalue weighted by atomic mass is 19.3. The number of para-hydroxylation sites is 2. The van der Waals surface area contributed by atoms with Crippen LogP contribution in [0.4, 0.5) is 29.3 Å². The van der Waals surface area contributed by atoms with E-state index in [0.717, 1.165) is 25.7 Å². The lowest BCUT2D eigenvalue weighted by Crippen LogP contribution is -2.43. The topological polar surface area (TPSA) is 80.1 Å². The van der Waals surface area contributed by atoms with E-state index in [4.69, 9.17) is 9.72 Å². The number of morpholine rings is 1. The van der Waals surface area contributed by atoms with Crippen LogP contribution in [0.5, 0.6) is 0 Å². The summed E-state index contributed by atoms with van der Waals surface area (Å²) in [5, 5.41) is 6.39. The molecule has 2 aliphatic rings. The maximum atomic E-state index is 14.0. The molecule has 1 aliphatic heterocycles. The van der Waals surface area contributed by atoms with Crippen LogP contribution < -0.4 is 15.5 Å². The summed E-state index contributed by atoms with van der Waals surface area (Å²) < 4.78 is 60.7. The van der Waals surface area contributed by atoms with Gasteiger partial charge in [-0.1, -0.05) is 12.1 Å². The van der Waals surface area contributed by atoms with Gasteiger partial charge < -0.3 is 20.3 Å². The van der Waals surface area contributed by atoms with Crippen molar-refractivity contribution in [1.82, 2.24) is 24.8 Å². The van der Waals surface area contributed by atoms with Crippen LogP contribution in [-0.4, -0.2) is 77.8 Å². The molecule has 0 unspecified atom stereocenters. The van der Waals surface area contributed by atoms with Crippen LogP contribution in [0.3, 0.4) is 0 Å². The van der Waals surface area contributed by atoms with Crippen molar-refractivity contribution in [2.24, 2.45) is 5.92 Å². The second kappa shape index (κ2) is 12.2. The summed E-state index contributed by atoms with van der Waals surface area (Å²) in [5.41, 5.74) is 1.02. The van der Waals surface area contributed by atoms with Crippen LogP contribution >= 0.6 is 0 Å². The summed E-state index contributed by atoms with van der Waals surface area (Å²) in [4.78, 5) is 15.6. The number of anilines is 2. The Morgan fingerprint density at radius 3 is 2.37 bits per heavy atom. The van der Waals surface area contributed by atoms with Crippen molar-refractivity contribution in [1.29, 1.82) is 0 Å². The lowest BCUT2D eigenvalue weighted by molar-refractivity contribution is 0.122. The van der Waals surface area contributed by atoms with Crippen molar-refractivity contribution in [2.45, 2.75) is 44.2 Å². The number of nitrogens with one attached hydrogen (secondary N) is 2. The molecule has 1 aromatic carbocycles. The molecule has 8 nitrogen and oxygen atoms in total. The Hall–Kier alpha value is -2.99. The van der Waals surface area contributed by atoms with Crippen molar-refractivity contribution in [3.05, 3.63) is 36.2 Å². The number of alkyl halides is 4. The normalized spacial score (nSPS) is 20.5. The summed E-state index contributed by atoms with van der Waals surface area (Å²) in [6, 6.07) is 8.10. The molecule has 38 heavy (non-hydrogen) atoms. The van der Waals surface area contributed by atoms with Gasteiger partial charge in [-0.05, 0) is 43.7 Å². The van der Waals surface area contributed by atoms with Gasteiger partial charge in [-0.2, -0.15) is 9.97 Å². The lowest BCUT2D eigenvalue weighted by Gasteiger charge is -2.31. The monoisotopic (exact) mass is 535 g/mol. The molecule has 12 heteroatoms. The van der Waals surface area contributed by atoms with Gasteiger partial charge in [-0.15, -0.1) is 0 Å². The lowest BCUT2D eigenvalue weighted by atomic mass is 9.85. The number of hydrogen-bond donors (Lipinski definition) is 2. The Morgan fingerprint density at radius 1 is 0.947 bits per heavy atom. The van der Waals surface area contributed by atoms with Gasteiger partial charge in [-0.3, -0.25) is 4.57 Å². The van der Waals surface area contributed by atoms with Crippen LogP contribution in [0.25, 0.3) is 16.9 Å². The minimum Gasteiger partial charge on any atom is -0.378 e. The molecule has 0 radical (unpaired) electrons. The molecule has 206 valence electrons. The van der Waals surface area contributed by atoms with Crippen molar-refractivity contribution in [2.75, 3.05) is 56.4 Å². The smallest absolute Gasteiger partial charge is 0.296 e. The number of halogens is 4. The Balaban J connectivity index is 1.37. The first-order chi connectivity index (χ1) is 18.6. The maximum absolute atomic E-state index is 14.0. The quantitative estimate of drug-likeness (QED) is 0.371. The minimum absolute atomic E-state index is 0.109. The number of rotatable bonds is 10. The molecular weight excluding hydrogens is 502 g/mol. The van der Waals surface area contributed by atoms with E-state index in [9.17, 15) is 17.6 Å². The molecule has 1 aliphatic carbocycles. The molecule has 3 aromatic rings. The molecule has 0 atom stereocenters. The highest BCUT2D eigenvalue weighted by Crippen LogP contribution is 2.30. The first kappa shape index (κ1) is 26.6. The van der Waals surface area contributed by atoms with Gasteiger partial charge >= 0.3 is 0 Å². The fourth-order valence-corrected chi connectivity index (χ4v) is 5.23. The van der Waals surface area contributed by atoms with E-state index in [1.54, 1.807) is 30.3 Å². The van der Waals surface area contributed by atoms with Gasteiger partial charge in [0.2, 0.25) is 5.95 Å². The van der Waals surface area contributed by atoms with Crippen molar-refractivity contribution in [3.63, 3.8) is 0 Å². The van der Waals surface area contributed by atoms with Gasteiger partial charge in [0.25, 0.3) is 6.43 Å². The number of ether oxygens (including phenoxy) is 1. The van der Waals surface area contributed by atoms with Gasteiger partial charge in [0.05, 0.1) is 30.3 Å². The number of benzene rings is 1. The minimum atomic E-state index is -2.78.